The summed E-state index contributed by atoms with van der Waals surface area (Å²) >= 11 is 0. The summed E-state index contributed by atoms with van der Waals surface area (Å²) in [5, 5.41) is 20.5. The lowest BCUT2D eigenvalue weighted by molar-refractivity contribution is 0.467. The van der Waals surface area contributed by atoms with E-state index in [0.717, 1.165) is 11.1 Å². The molecule has 12 heavy (non-hydrogen) atoms. The van der Waals surface area contributed by atoms with E-state index in [2.05, 4.69) is 0 Å². The normalized spacial score (nSPS) is 7.83. The van der Waals surface area contributed by atoms with Gasteiger partial charge >= 0.3 is 0 Å². The Labute approximate surface area is 71.7 Å². The standard InChI is InChI=1S/C8H10O.CH2N2/c1-6-4-3-5-7(2)8(6)9;2-1-3/h3-5,9H,1-2H3;2-3H. The van der Waals surface area contributed by atoms with E-state index in [1.807, 2.05) is 32.0 Å². The Kier molecular flexibility index (Phi) is 4.42. The molecule has 0 amide bonds. The van der Waals surface area contributed by atoms with Gasteiger partial charge in [-0.15, -0.1) is 0 Å². The minimum Gasteiger partial charge on any atom is -0.507 e. The number of phenols is 1. The van der Waals surface area contributed by atoms with Gasteiger partial charge in [0.1, 0.15) is 5.75 Å². The second kappa shape index (κ2) is 5.10. The predicted molar refractivity (Wildman–Crippen MR) is 48.0 cm³/mol. The van der Waals surface area contributed by atoms with E-state index in [-0.39, 0.29) is 0 Å². The van der Waals surface area contributed by atoms with Crippen molar-refractivity contribution in [1.82, 2.24) is 0 Å². The lowest BCUT2D eigenvalue weighted by Gasteiger charge is -1.99. The quantitative estimate of drug-likeness (QED) is 0.506. The zero-order chi connectivity index (χ0) is 9.56. The summed E-state index contributed by atoms with van der Waals surface area (Å²) in [4.78, 5) is 0. The smallest absolute Gasteiger partial charge is 0.121 e. The van der Waals surface area contributed by atoms with Gasteiger partial charge in [-0.2, -0.15) is 0 Å². The summed E-state index contributed by atoms with van der Waals surface area (Å²) in [6.07, 6.45) is 0. The highest BCUT2D eigenvalue weighted by Gasteiger charge is 1.95. The molecular weight excluding hydrogens is 152 g/mol. The van der Waals surface area contributed by atoms with Crippen LogP contribution in [0.3, 0.4) is 0 Å². The molecule has 0 saturated carbocycles. The number of para-hydroxylation sites is 1. The van der Waals surface area contributed by atoms with Crippen molar-refractivity contribution in [3.05, 3.63) is 29.3 Å². The van der Waals surface area contributed by atoms with Crippen molar-refractivity contribution in [2.75, 3.05) is 0 Å². The van der Waals surface area contributed by atoms with E-state index in [1.165, 1.54) is 6.01 Å². The molecule has 0 aliphatic rings. The van der Waals surface area contributed by atoms with Gasteiger partial charge < -0.3 is 5.11 Å². The number of phenolic OH excluding ortho intramolecular Hbond substituents is 1. The van der Waals surface area contributed by atoms with Crippen molar-refractivity contribution in [1.29, 1.82) is 10.8 Å². The number of aromatic hydroxyl groups is 1. The summed E-state index contributed by atoms with van der Waals surface area (Å²) in [5.74, 6) is 0.414. The Hall–Kier alpha value is -1.60. The van der Waals surface area contributed by atoms with Crippen LogP contribution in [0.15, 0.2) is 18.2 Å². The lowest BCUT2D eigenvalue weighted by Crippen LogP contribution is -1.76. The third-order valence-electron chi connectivity index (χ3n) is 1.44. The Morgan fingerprint density at radius 3 is 1.75 bits per heavy atom. The SMILES string of the molecule is Cc1cccc(C)c1O.N=C=N. The Morgan fingerprint density at radius 2 is 1.50 bits per heavy atom. The van der Waals surface area contributed by atoms with Crippen molar-refractivity contribution in [2.24, 2.45) is 0 Å². The lowest BCUT2D eigenvalue weighted by atomic mass is 10.1. The van der Waals surface area contributed by atoms with Gasteiger partial charge in [-0.1, -0.05) is 18.2 Å². The van der Waals surface area contributed by atoms with Gasteiger partial charge in [0.25, 0.3) is 0 Å². The van der Waals surface area contributed by atoms with Crippen LogP contribution >= 0.6 is 0 Å². The summed E-state index contributed by atoms with van der Waals surface area (Å²) in [6.45, 7) is 3.78. The van der Waals surface area contributed by atoms with Crippen LogP contribution in [0.25, 0.3) is 0 Å². The van der Waals surface area contributed by atoms with Crippen LogP contribution in [0.4, 0.5) is 0 Å². The molecule has 0 bridgehead atoms. The van der Waals surface area contributed by atoms with E-state index in [4.69, 9.17) is 10.8 Å². The Balaban J connectivity index is 0.000000354. The number of rotatable bonds is 0. The predicted octanol–water partition coefficient (Wildman–Crippen LogP) is 2.33. The topological polar surface area (TPSA) is 67.9 Å². The molecule has 0 radical (unpaired) electrons. The van der Waals surface area contributed by atoms with Crippen LogP contribution < -0.4 is 0 Å². The monoisotopic (exact) mass is 164 g/mol. The average Bonchev–Trinajstić information content (AvgIpc) is 2.02. The molecule has 3 N–H and O–H groups in total. The molecule has 0 unspecified atom stereocenters. The summed E-state index contributed by atoms with van der Waals surface area (Å²) < 4.78 is 0. The van der Waals surface area contributed by atoms with Gasteiger partial charge in [-0.25, -0.2) is 10.8 Å². The van der Waals surface area contributed by atoms with Crippen molar-refractivity contribution in [3.8, 4) is 5.75 Å². The fraction of sp³-hybridized carbons (Fsp3) is 0.222. The number of aryl methyl sites for hydroxylation is 2. The molecule has 0 aliphatic carbocycles. The first kappa shape index (κ1) is 10.4. The third kappa shape index (κ3) is 2.99. The van der Waals surface area contributed by atoms with Crippen molar-refractivity contribution >= 4 is 6.01 Å². The van der Waals surface area contributed by atoms with Crippen molar-refractivity contribution in [2.45, 2.75) is 13.8 Å². The maximum absolute atomic E-state index is 9.21. The highest BCUT2D eigenvalue weighted by Crippen LogP contribution is 2.19. The van der Waals surface area contributed by atoms with Gasteiger partial charge in [-0.3, -0.25) is 0 Å². The Bertz CT molecular complexity index is 268. The maximum Gasteiger partial charge on any atom is 0.121 e. The van der Waals surface area contributed by atoms with Gasteiger partial charge in [0.05, 0.1) is 6.01 Å². The van der Waals surface area contributed by atoms with E-state index in [0.29, 0.717) is 5.75 Å². The molecule has 0 aliphatic heterocycles. The summed E-state index contributed by atoms with van der Waals surface area (Å²) in [5.41, 5.74) is 1.88. The fourth-order valence-corrected chi connectivity index (χ4v) is 0.806. The second-order valence-electron chi connectivity index (χ2n) is 2.37. The van der Waals surface area contributed by atoms with Crippen LogP contribution in [0.5, 0.6) is 5.75 Å². The van der Waals surface area contributed by atoms with Gasteiger partial charge in [-0.05, 0) is 25.0 Å². The molecule has 1 aromatic rings. The van der Waals surface area contributed by atoms with Gasteiger partial charge in [0, 0.05) is 0 Å². The van der Waals surface area contributed by atoms with Gasteiger partial charge in [0.15, 0.2) is 0 Å². The molecule has 0 saturated heterocycles. The Morgan fingerprint density at radius 1 is 1.17 bits per heavy atom. The minimum atomic E-state index is 0.414. The zero-order valence-corrected chi connectivity index (χ0v) is 7.18. The maximum atomic E-state index is 9.21. The highest BCUT2D eigenvalue weighted by molar-refractivity contribution is 5.37. The molecule has 1 aromatic carbocycles. The first-order chi connectivity index (χ1) is 5.63. The molecule has 0 atom stereocenters. The molecule has 3 heteroatoms. The molecule has 0 fully saturated rings. The molecule has 64 valence electrons. The van der Waals surface area contributed by atoms with Crippen molar-refractivity contribution in [3.63, 3.8) is 0 Å². The van der Waals surface area contributed by atoms with Crippen LogP contribution in [0.2, 0.25) is 0 Å². The molecule has 0 heterocycles. The minimum absolute atomic E-state index is 0.414. The van der Waals surface area contributed by atoms with Crippen LogP contribution in [0, 0.1) is 24.7 Å². The number of benzene rings is 1. The first-order valence-corrected chi connectivity index (χ1v) is 3.47. The van der Waals surface area contributed by atoms with Crippen LogP contribution in [-0.4, -0.2) is 11.1 Å². The summed E-state index contributed by atoms with van der Waals surface area (Å²) in [6, 6.07) is 6.97. The average molecular weight is 164 g/mol. The van der Waals surface area contributed by atoms with Gasteiger partial charge in [0.2, 0.25) is 0 Å². The first-order valence-electron chi connectivity index (χ1n) is 3.47. The molecule has 0 aromatic heterocycles. The molecule has 3 nitrogen and oxygen atoms in total. The fourth-order valence-electron chi connectivity index (χ4n) is 0.806. The van der Waals surface area contributed by atoms with E-state index in [9.17, 15) is 5.11 Å². The third-order valence-corrected chi connectivity index (χ3v) is 1.44. The second-order valence-corrected chi connectivity index (χ2v) is 2.37. The number of hydrogen-bond donors (Lipinski definition) is 3. The van der Waals surface area contributed by atoms with Crippen molar-refractivity contribution < 1.29 is 5.11 Å². The van der Waals surface area contributed by atoms with E-state index >= 15 is 0 Å². The van der Waals surface area contributed by atoms with E-state index < -0.39 is 0 Å². The van der Waals surface area contributed by atoms with E-state index in [1.54, 1.807) is 0 Å². The molecule has 0 spiro atoms. The van der Waals surface area contributed by atoms with Crippen LogP contribution in [0.1, 0.15) is 11.1 Å². The largest absolute Gasteiger partial charge is 0.507 e. The molecular formula is C9H12N2O. The molecule has 1 rings (SSSR count). The number of nitrogens with one attached hydrogen (secondary N) is 2. The summed E-state index contributed by atoms with van der Waals surface area (Å²) in [7, 11) is 0. The van der Waals surface area contributed by atoms with Crippen LogP contribution in [-0.2, 0) is 0 Å². The highest BCUT2D eigenvalue weighted by atomic mass is 16.3. The zero-order valence-electron chi connectivity index (χ0n) is 7.18. The number of hydrogen-bond acceptors (Lipinski definition) is 3.